The number of ether oxygens (including phenoxy) is 1. The minimum absolute atomic E-state index is 0.287. The molecule has 4 nitrogen and oxygen atoms in total. The van der Waals surface area contributed by atoms with E-state index in [1.807, 2.05) is 18.2 Å². The first-order valence-corrected chi connectivity index (χ1v) is 8.16. The van der Waals surface area contributed by atoms with Crippen molar-refractivity contribution in [1.82, 2.24) is 0 Å². The summed E-state index contributed by atoms with van der Waals surface area (Å²) < 4.78 is 4.89. The third kappa shape index (κ3) is 4.34. The number of methoxy groups -OCH3 is 1. The van der Waals surface area contributed by atoms with Crippen molar-refractivity contribution in [2.24, 2.45) is 5.16 Å². The molecule has 4 heteroatoms. The number of aryl methyl sites for hydroxylation is 1. The fourth-order valence-electron chi connectivity index (χ4n) is 2.95. The molecule has 1 aromatic carbocycles. The Kier molecular flexibility index (Phi) is 6.36. The molecule has 0 amide bonds. The van der Waals surface area contributed by atoms with Gasteiger partial charge < -0.3 is 9.57 Å². The van der Waals surface area contributed by atoms with Gasteiger partial charge in [-0.15, -0.1) is 0 Å². The standard InChI is InChI=1S/C20H25NO3/c1-14-12-17(11-10-16-8-6-5-7-9-16)18(13-15(14)2)19(21-24-4)20(22)23-3/h5-9H,10-13H2,1-4H3/b21-19-. The van der Waals surface area contributed by atoms with Gasteiger partial charge in [-0.3, -0.25) is 0 Å². The molecule has 0 radical (unpaired) electrons. The molecule has 0 aliphatic heterocycles. The average Bonchev–Trinajstić information content (AvgIpc) is 2.60. The van der Waals surface area contributed by atoms with Crippen LogP contribution in [0.25, 0.3) is 0 Å². The smallest absolute Gasteiger partial charge is 0.360 e. The van der Waals surface area contributed by atoms with E-state index in [2.05, 4.69) is 31.1 Å². The molecule has 128 valence electrons. The van der Waals surface area contributed by atoms with Crippen LogP contribution in [0.2, 0.25) is 0 Å². The van der Waals surface area contributed by atoms with E-state index in [-0.39, 0.29) is 5.71 Å². The number of carbonyl (C=O) groups is 1. The molecule has 0 bridgehead atoms. The van der Waals surface area contributed by atoms with E-state index in [0.717, 1.165) is 24.8 Å². The topological polar surface area (TPSA) is 47.9 Å². The first-order valence-electron chi connectivity index (χ1n) is 8.16. The largest absolute Gasteiger partial charge is 0.464 e. The van der Waals surface area contributed by atoms with Crippen LogP contribution >= 0.6 is 0 Å². The summed E-state index contributed by atoms with van der Waals surface area (Å²) in [6.45, 7) is 4.25. The Morgan fingerprint density at radius 1 is 1.04 bits per heavy atom. The second-order valence-electron chi connectivity index (χ2n) is 6.10. The molecule has 0 spiro atoms. The fourth-order valence-corrected chi connectivity index (χ4v) is 2.95. The maximum atomic E-state index is 12.1. The lowest BCUT2D eigenvalue weighted by molar-refractivity contribution is -0.132. The molecule has 1 aliphatic rings. The van der Waals surface area contributed by atoms with E-state index in [4.69, 9.17) is 9.57 Å². The SMILES string of the molecule is CO/N=C(\C(=O)OC)C1=C(CCc2ccccc2)CC(C)=C(C)C1. The summed E-state index contributed by atoms with van der Waals surface area (Å²) in [6.07, 6.45) is 3.41. The Morgan fingerprint density at radius 2 is 1.71 bits per heavy atom. The maximum absolute atomic E-state index is 12.1. The van der Waals surface area contributed by atoms with Crippen LogP contribution in [0, 0.1) is 0 Å². The van der Waals surface area contributed by atoms with E-state index < -0.39 is 5.97 Å². The van der Waals surface area contributed by atoms with Gasteiger partial charge in [0, 0.05) is 0 Å². The van der Waals surface area contributed by atoms with Crippen molar-refractivity contribution in [2.75, 3.05) is 14.2 Å². The van der Waals surface area contributed by atoms with Gasteiger partial charge in [0.1, 0.15) is 7.11 Å². The summed E-state index contributed by atoms with van der Waals surface area (Å²) in [4.78, 5) is 17.0. The van der Waals surface area contributed by atoms with E-state index in [1.165, 1.54) is 36.5 Å². The molecule has 1 aliphatic carbocycles. The molecule has 0 N–H and O–H groups in total. The van der Waals surface area contributed by atoms with Crippen molar-refractivity contribution in [3.8, 4) is 0 Å². The van der Waals surface area contributed by atoms with Gasteiger partial charge in [0.05, 0.1) is 7.11 Å². The lowest BCUT2D eigenvalue weighted by Gasteiger charge is -2.23. The molecule has 0 saturated heterocycles. The number of rotatable bonds is 6. The predicted octanol–water partition coefficient (Wildman–Crippen LogP) is 4.22. The molecule has 24 heavy (non-hydrogen) atoms. The normalized spacial score (nSPS) is 15.6. The van der Waals surface area contributed by atoms with Gasteiger partial charge in [0.15, 0.2) is 5.71 Å². The van der Waals surface area contributed by atoms with Gasteiger partial charge in [0.2, 0.25) is 0 Å². The Labute approximate surface area is 143 Å². The van der Waals surface area contributed by atoms with Crippen molar-refractivity contribution in [2.45, 2.75) is 39.5 Å². The van der Waals surface area contributed by atoms with Gasteiger partial charge in [-0.2, -0.15) is 0 Å². The number of benzene rings is 1. The zero-order chi connectivity index (χ0) is 17.5. The minimum Gasteiger partial charge on any atom is -0.464 e. The summed E-state index contributed by atoms with van der Waals surface area (Å²) in [7, 11) is 2.82. The summed E-state index contributed by atoms with van der Waals surface area (Å²) in [5, 5.41) is 3.94. The second-order valence-corrected chi connectivity index (χ2v) is 6.10. The molecule has 0 unspecified atom stereocenters. The van der Waals surface area contributed by atoms with Crippen molar-refractivity contribution in [1.29, 1.82) is 0 Å². The third-order valence-electron chi connectivity index (χ3n) is 4.48. The third-order valence-corrected chi connectivity index (χ3v) is 4.48. The summed E-state index contributed by atoms with van der Waals surface area (Å²) in [5.74, 6) is -0.448. The Balaban J connectivity index is 2.31. The van der Waals surface area contributed by atoms with Gasteiger partial charge in [-0.25, -0.2) is 4.79 Å². The Bertz CT molecular complexity index is 684. The highest BCUT2D eigenvalue weighted by molar-refractivity contribution is 6.43. The minimum atomic E-state index is -0.448. The van der Waals surface area contributed by atoms with Crippen LogP contribution in [0.3, 0.4) is 0 Å². The molecule has 0 aromatic heterocycles. The summed E-state index contributed by atoms with van der Waals surface area (Å²) in [5.41, 5.74) is 6.40. The zero-order valence-electron chi connectivity index (χ0n) is 14.9. The van der Waals surface area contributed by atoms with E-state index in [1.54, 1.807) is 0 Å². The molecule has 0 saturated carbocycles. The first-order chi connectivity index (χ1) is 11.6. The molecular formula is C20H25NO3. The number of oxime groups is 1. The monoisotopic (exact) mass is 327 g/mol. The highest BCUT2D eigenvalue weighted by Crippen LogP contribution is 2.33. The quantitative estimate of drug-likeness (QED) is 0.340. The van der Waals surface area contributed by atoms with Crippen molar-refractivity contribution in [3.05, 3.63) is 58.2 Å². The first kappa shape index (κ1) is 18.0. The van der Waals surface area contributed by atoms with Crippen LogP contribution in [0.15, 0.2) is 57.8 Å². The van der Waals surface area contributed by atoms with Gasteiger partial charge >= 0.3 is 5.97 Å². The summed E-state index contributed by atoms with van der Waals surface area (Å²) in [6, 6.07) is 10.4. The maximum Gasteiger partial charge on any atom is 0.360 e. The number of carbonyl (C=O) groups excluding carboxylic acids is 1. The molecular weight excluding hydrogens is 302 g/mol. The van der Waals surface area contributed by atoms with E-state index in [0.29, 0.717) is 6.42 Å². The zero-order valence-corrected chi connectivity index (χ0v) is 14.9. The number of hydrogen-bond donors (Lipinski definition) is 0. The Hall–Kier alpha value is -2.36. The highest BCUT2D eigenvalue weighted by atomic mass is 16.6. The van der Waals surface area contributed by atoms with E-state index in [9.17, 15) is 4.79 Å². The van der Waals surface area contributed by atoms with Crippen molar-refractivity contribution in [3.63, 3.8) is 0 Å². The lowest BCUT2D eigenvalue weighted by atomic mass is 9.83. The molecule has 1 aromatic rings. The molecule has 0 heterocycles. The molecule has 2 rings (SSSR count). The van der Waals surface area contributed by atoms with Crippen LogP contribution < -0.4 is 0 Å². The number of hydrogen-bond acceptors (Lipinski definition) is 4. The van der Waals surface area contributed by atoms with E-state index >= 15 is 0 Å². The highest BCUT2D eigenvalue weighted by Gasteiger charge is 2.25. The Morgan fingerprint density at radius 3 is 2.33 bits per heavy atom. The molecule has 0 atom stereocenters. The lowest BCUT2D eigenvalue weighted by Crippen LogP contribution is -2.22. The van der Waals surface area contributed by atoms with Gasteiger partial charge in [0.25, 0.3) is 0 Å². The number of esters is 1. The van der Waals surface area contributed by atoms with Gasteiger partial charge in [-0.05, 0) is 50.7 Å². The number of allylic oxidation sites excluding steroid dienone is 3. The number of nitrogens with zero attached hydrogens (tertiary/aromatic N) is 1. The summed E-state index contributed by atoms with van der Waals surface area (Å²) >= 11 is 0. The predicted molar refractivity (Wildman–Crippen MR) is 95.9 cm³/mol. The second kappa shape index (κ2) is 8.48. The van der Waals surface area contributed by atoms with Crippen LogP contribution in [-0.4, -0.2) is 25.9 Å². The van der Waals surface area contributed by atoms with Crippen LogP contribution in [0.4, 0.5) is 0 Å². The average molecular weight is 327 g/mol. The van der Waals surface area contributed by atoms with Gasteiger partial charge in [-0.1, -0.05) is 52.2 Å². The van der Waals surface area contributed by atoms with Crippen molar-refractivity contribution >= 4 is 11.7 Å². The van der Waals surface area contributed by atoms with Crippen LogP contribution in [0.5, 0.6) is 0 Å². The van der Waals surface area contributed by atoms with Crippen LogP contribution in [0.1, 0.15) is 38.7 Å². The fraction of sp³-hybridized carbons (Fsp3) is 0.400. The van der Waals surface area contributed by atoms with Crippen LogP contribution in [-0.2, 0) is 20.8 Å². The molecule has 0 fully saturated rings. The van der Waals surface area contributed by atoms with Crippen molar-refractivity contribution < 1.29 is 14.4 Å².